The Kier molecular flexibility index (Phi) is 7.64. The second-order valence-electron chi connectivity index (χ2n) is 8.54. The molecule has 2 amide bonds. The summed E-state index contributed by atoms with van der Waals surface area (Å²) in [6.07, 6.45) is -1.11. The van der Waals surface area contributed by atoms with Crippen molar-refractivity contribution in [1.82, 2.24) is 0 Å². The highest BCUT2D eigenvalue weighted by Crippen LogP contribution is 2.28. The van der Waals surface area contributed by atoms with Gasteiger partial charge in [-0.2, -0.15) is 0 Å². The number of sulfonamides is 1. The quantitative estimate of drug-likeness (QED) is 0.341. The third-order valence-electron chi connectivity index (χ3n) is 4.84. The van der Waals surface area contributed by atoms with Crippen molar-refractivity contribution < 1.29 is 23.1 Å². The van der Waals surface area contributed by atoms with Crippen LogP contribution in [0.25, 0.3) is 0 Å². The van der Waals surface area contributed by atoms with E-state index in [1.54, 1.807) is 45.0 Å². The van der Waals surface area contributed by atoms with Crippen LogP contribution in [0.5, 0.6) is 0 Å². The molecule has 0 saturated heterocycles. The topological polar surface area (TPSA) is 116 Å². The summed E-state index contributed by atoms with van der Waals surface area (Å²) in [5, 5.41) is 12.9. The number of carbonyl (C=O) groups excluding carboxylic acids is 1. The molecular weight excluding hydrogens is 513 g/mol. The first-order valence-electron chi connectivity index (χ1n) is 10.3. The van der Waals surface area contributed by atoms with Crippen molar-refractivity contribution in [2.24, 2.45) is 0 Å². The van der Waals surface area contributed by atoms with Crippen molar-refractivity contribution in [3.8, 4) is 0 Å². The van der Waals surface area contributed by atoms with E-state index in [1.165, 1.54) is 47.4 Å². The molecule has 0 atom stereocenters. The molecule has 0 bridgehead atoms. The first kappa shape index (κ1) is 26.3. The van der Waals surface area contributed by atoms with Crippen LogP contribution < -0.4 is 14.9 Å². The number of hydrogen-bond acceptors (Lipinski definition) is 4. The van der Waals surface area contributed by atoms with Crippen LogP contribution in [0, 0.1) is 0 Å². The molecule has 3 aromatic carbocycles. The van der Waals surface area contributed by atoms with Gasteiger partial charge in [0.15, 0.2) is 0 Å². The van der Waals surface area contributed by atoms with E-state index >= 15 is 0 Å². The maximum Gasteiger partial charge on any atom is 0.412 e. The fourth-order valence-electron chi connectivity index (χ4n) is 3.29. The van der Waals surface area contributed by atoms with Crippen LogP contribution in [-0.4, -0.2) is 31.1 Å². The normalized spacial score (nSPS) is 11.6. The molecule has 0 heterocycles. The van der Waals surface area contributed by atoms with Crippen LogP contribution in [0.15, 0.2) is 71.6 Å². The molecule has 0 fully saturated rings. The van der Waals surface area contributed by atoms with E-state index in [9.17, 15) is 23.1 Å². The fraction of sp³-hybridized carbons (Fsp3) is 0.167. The van der Waals surface area contributed by atoms with Gasteiger partial charge < -0.3 is 10.4 Å². The van der Waals surface area contributed by atoms with Crippen LogP contribution in [-0.2, 0) is 10.0 Å². The summed E-state index contributed by atoms with van der Waals surface area (Å²) in [4.78, 5) is 25.9. The molecule has 0 aliphatic carbocycles. The van der Waals surface area contributed by atoms with E-state index in [2.05, 4.69) is 10.0 Å². The minimum absolute atomic E-state index is 0.000897. The molecule has 8 nitrogen and oxygen atoms in total. The zero-order valence-electron chi connectivity index (χ0n) is 19.0. The monoisotopic (exact) mass is 535 g/mol. The lowest BCUT2D eigenvalue weighted by molar-refractivity contribution is 0.102. The van der Waals surface area contributed by atoms with Crippen molar-refractivity contribution in [3.63, 3.8) is 0 Å². The lowest BCUT2D eigenvalue weighted by atomic mass is 10.1. The maximum absolute atomic E-state index is 13.0. The number of anilines is 3. The molecule has 3 rings (SSSR count). The average Bonchev–Trinajstić information content (AvgIpc) is 2.75. The summed E-state index contributed by atoms with van der Waals surface area (Å²) < 4.78 is 28.0. The van der Waals surface area contributed by atoms with Crippen molar-refractivity contribution in [3.05, 3.63) is 82.3 Å². The molecule has 0 spiro atoms. The van der Waals surface area contributed by atoms with Gasteiger partial charge >= 0.3 is 6.09 Å². The Morgan fingerprint density at radius 2 is 1.46 bits per heavy atom. The van der Waals surface area contributed by atoms with Gasteiger partial charge in [0.1, 0.15) is 0 Å². The number of hydrogen-bond donors (Lipinski definition) is 3. The molecule has 184 valence electrons. The maximum atomic E-state index is 13.0. The summed E-state index contributed by atoms with van der Waals surface area (Å²) in [7, 11) is -4.00. The number of halogens is 2. The van der Waals surface area contributed by atoms with E-state index in [-0.39, 0.29) is 21.2 Å². The van der Waals surface area contributed by atoms with E-state index in [1.807, 2.05) is 0 Å². The Labute approximate surface area is 213 Å². The SMILES string of the molecule is CC(C)(C)N(C(=O)O)c1ccc(NC(=O)c2cc(Cl)ccc2NS(=O)(=O)c2ccc(Cl)cc2)cc1. The van der Waals surface area contributed by atoms with Gasteiger partial charge in [-0.1, -0.05) is 23.2 Å². The van der Waals surface area contributed by atoms with E-state index < -0.39 is 27.6 Å². The van der Waals surface area contributed by atoms with E-state index in [4.69, 9.17) is 23.2 Å². The highest BCUT2D eigenvalue weighted by Gasteiger charge is 2.27. The summed E-state index contributed by atoms with van der Waals surface area (Å²) in [5.74, 6) is -0.611. The third kappa shape index (κ3) is 6.45. The molecule has 0 aliphatic rings. The Bertz CT molecular complexity index is 1350. The van der Waals surface area contributed by atoms with Crippen molar-refractivity contribution in [1.29, 1.82) is 0 Å². The number of benzene rings is 3. The fourth-order valence-corrected chi connectivity index (χ4v) is 4.67. The van der Waals surface area contributed by atoms with Gasteiger partial charge in [0.05, 0.1) is 16.1 Å². The van der Waals surface area contributed by atoms with Gasteiger partial charge in [-0.15, -0.1) is 0 Å². The molecule has 0 unspecified atom stereocenters. The molecule has 3 N–H and O–H groups in total. The number of carbonyl (C=O) groups is 2. The summed E-state index contributed by atoms with van der Waals surface area (Å²) >= 11 is 11.9. The largest absolute Gasteiger partial charge is 0.465 e. The number of carboxylic acid groups (broad SMARTS) is 1. The van der Waals surface area contributed by atoms with Crippen LogP contribution in [0.2, 0.25) is 10.0 Å². The van der Waals surface area contributed by atoms with Crippen LogP contribution >= 0.6 is 23.2 Å². The Morgan fingerprint density at radius 3 is 2.00 bits per heavy atom. The molecule has 0 aliphatic heterocycles. The summed E-state index contributed by atoms with van der Waals surface area (Å²) in [6.45, 7) is 5.30. The van der Waals surface area contributed by atoms with Crippen LogP contribution in [0.3, 0.4) is 0 Å². The smallest absolute Gasteiger partial charge is 0.412 e. The van der Waals surface area contributed by atoms with E-state index in [0.717, 1.165) is 0 Å². The number of nitrogens with zero attached hydrogens (tertiary/aromatic N) is 1. The molecule has 35 heavy (non-hydrogen) atoms. The van der Waals surface area contributed by atoms with Gasteiger partial charge in [-0.25, -0.2) is 13.2 Å². The number of amides is 2. The summed E-state index contributed by atoms with van der Waals surface area (Å²) in [6, 6.07) is 16.0. The van der Waals surface area contributed by atoms with Gasteiger partial charge in [0.25, 0.3) is 15.9 Å². The van der Waals surface area contributed by atoms with Crippen molar-refractivity contribution >= 4 is 62.3 Å². The Hall–Kier alpha value is -3.27. The van der Waals surface area contributed by atoms with E-state index in [0.29, 0.717) is 16.4 Å². The standard InChI is InChI=1S/C24H23Cl2N3O5S/c1-24(2,3)29(23(31)32)18-9-7-17(8-10-18)27-22(30)20-14-16(26)6-13-21(20)28-35(33,34)19-11-4-15(25)5-12-19/h4-14,28H,1-3H3,(H,27,30)(H,31,32). The molecular formula is C24H23Cl2N3O5S. The van der Waals surface area contributed by atoms with Gasteiger partial charge in [-0.3, -0.25) is 14.4 Å². The molecule has 0 radical (unpaired) electrons. The number of rotatable bonds is 6. The lowest BCUT2D eigenvalue weighted by Gasteiger charge is -2.33. The molecule has 0 saturated carbocycles. The third-order valence-corrected chi connectivity index (χ3v) is 6.71. The zero-order chi connectivity index (χ0) is 26.0. The summed E-state index contributed by atoms with van der Waals surface area (Å²) in [5.41, 5.74) is 0.170. The Balaban J connectivity index is 1.86. The first-order valence-corrected chi connectivity index (χ1v) is 12.5. The predicted octanol–water partition coefficient (Wildman–Crippen LogP) is 6.33. The lowest BCUT2D eigenvalue weighted by Crippen LogP contribution is -2.45. The van der Waals surface area contributed by atoms with Gasteiger partial charge in [0, 0.05) is 27.0 Å². The van der Waals surface area contributed by atoms with Crippen LogP contribution in [0.4, 0.5) is 21.9 Å². The zero-order valence-corrected chi connectivity index (χ0v) is 21.4. The Morgan fingerprint density at radius 1 is 0.886 bits per heavy atom. The second kappa shape index (κ2) is 10.2. The highest BCUT2D eigenvalue weighted by molar-refractivity contribution is 7.92. The van der Waals surface area contributed by atoms with Gasteiger partial charge in [-0.05, 0) is 87.5 Å². The van der Waals surface area contributed by atoms with Gasteiger partial charge in [0.2, 0.25) is 0 Å². The minimum atomic E-state index is -4.00. The highest BCUT2D eigenvalue weighted by atomic mass is 35.5. The average molecular weight is 536 g/mol. The molecule has 11 heteroatoms. The van der Waals surface area contributed by atoms with Crippen LogP contribution in [0.1, 0.15) is 31.1 Å². The first-order chi connectivity index (χ1) is 16.3. The second-order valence-corrected chi connectivity index (χ2v) is 11.1. The number of nitrogens with one attached hydrogen (secondary N) is 2. The minimum Gasteiger partial charge on any atom is -0.465 e. The predicted molar refractivity (Wildman–Crippen MR) is 138 cm³/mol. The molecule has 0 aromatic heterocycles. The van der Waals surface area contributed by atoms with Crippen molar-refractivity contribution in [2.45, 2.75) is 31.2 Å². The molecule has 3 aromatic rings. The van der Waals surface area contributed by atoms with Crippen molar-refractivity contribution in [2.75, 3.05) is 14.9 Å².